The van der Waals surface area contributed by atoms with Crippen LogP contribution in [0.5, 0.6) is 5.75 Å². The van der Waals surface area contributed by atoms with E-state index in [1.165, 1.54) is 16.7 Å². The number of amides is 2. The van der Waals surface area contributed by atoms with Gasteiger partial charge in [-0.05, 0) is 55.3 Å². The summed E-state index contributed by atoms with van der Waals surface area (Å²) in [6, 6.07) is 14.5. The predicted octanol–water partition coefficient (Wildman–Crippen LogP) is 5.36. The highest BCUT2D eigenvalue weighted by molar-refractivity contribution is 8.26. The van der Waals surface area contributed by atoms with Crippen LogP contribution in [0.15, 0.2) is 53.4 Å². The highest BCUT2D eigenvalue weighted by Crippen LogP contribution is 2.33. The van der Waals surface area contributed by atoms with Crippen LogP contribution < -0.4 is 10.1 Å². The zero-order valence-electron chi connectivity index (χ0n) is 16.4. The lowest BCUT2D eigenvalue weighted by atomic mass is 10.2. The first-order chi connectivity index (χ1) is 14.5. The maximum atomic E-state index is 12.7. The predicted molar refractivity (Wildman–Crippen MR) is 127 cm³/mol. The molecule has 0 aliphatic carbocycles. The number of thiocarbonyl (C=S) groups is 1. The Hall–Kier alpha value is -2.35. The summed E-state index contributed by atoms with van der Waals surface area (Å²) in [7, 11) is 0. The van der Waals surface area contributed by atoms with E-state index < -0.39 is 0 Å². The number of hydrogen-bond donors (Lipinski definition) is 1. The van der Waals surface area contributed by atoms with Crippen molar-refractivity contribution in [3.63, 3.8) is 0 Å². The molecule has 1 heterocycles. The number of nitrogens with one attached hydrogen (secondary N) is 1. The van der Waals surface area contributed by atoms with Gasteiger partial charge in [-0.3, -0.25) is 14.5 Å². The Morgan fingerprint density at radius 1 is 1.23 bits per heavy atom. The van der Waals surface area contributed by atoms with Crippen LogP contribution in [0.2, 0.25) is 5.02 Å². The van der Waals surface area contributed by atoms with Gasteiger partial charge < -0.3 is 10.1 Å². The lowest BCUT2D eigenvalue weighted by Gasteiger charge is -2.14. The number of hydrogen-bond acceptors (Lipinski definition) is 5. The third-order valence-electron chi connectivity index (χ3n) is 4.30. The molecule has 1 aliphatic heterocycles. The van der Waals surface area contributed by atoms with Crippen molar-refractivity contribution in [2.75, 3.05) is 18.5 Å². The summed E-state index contributed by atoms with van der Waals surface area (Å²) in [5.74, 6) is 0.489. The molecule has 0 bridgehead atoms. The molecule has 0 spiro atoms. The molecule has 0 saturated carbocycles. The van der Waals surface area contributed by atoms with Gasteiger partial charge in [-0.2, -0.15) is 0 Å². The van der Waals surface area contributed by atoms with Gasteiger partial charge in [0.1, 0.15) is 10.1 Å². The van der Waals surface area contributed by atoms with Gasteiger partial charge in [-0.1, -0.05) is 53.8 Å². The molecule has 3 rings (SSSR count). The molecule has 0 aromatic heterocycles. The molecule has 2 amide bonds. The highest BCUT2D eigenvalue weighted by Gasteiger charge is 2.31. The first kappa shape index (κ1) is 22.3. The first-order valence-electron chi connectivity index (χ1n) is 9.50. The van der Waals surface area contributed by atoms with E-state index in [0.29, 0.717) is 39.5 Å². The van der Waals surface area contributed by atoms with E-state index >= 15 is 0 Å². The Morgan fingerprint density at radius 3 is 2.67 bits per heavy atom. The fourth-order valence-corrected chi connectivity index (χ4v) is 4.34. The minimum atomic E-state index is -0.156. The number of ether oxygens (including phenoxy) is 1. The summed E-state index contributed by atoms with van der Waals surface area (Å²) in [6.45, 7) is 2.90. The topological polar surface area (TPSA) is 58.6 Å². The number of carbonyl (C=O) groups excluding carboxylic acids is 2. The van der Waals surface area contributed by atoms with E-state index in [2.05, 4.69) is 5.32 Å². The minimum Gasteiger partial charge on any atom is -0.494 e. The van der Waals surface area contributed by atoms with Crippen LogP contribution in [0.1, 0.15) is 25.3 Å². The summed E-state index contributed by atoms with van der Waals surface area (Å²) in [5, 5.41) is 3.42. The van der Waals surface area contributed by atoms with Gasteiger partial charge in [0.2, 0.25) is 5.91 Å². The summed E-state index contributed by atoms with van der Waals surface area (Å²) < 4.78 is 5.88. The average Bonchev–Trinajstić information content (AvgIpc) is 2.99. The molecular weight excluding hydrogens is 440 g/mol. The zero-order chi connectivity index (χ0) is 21.5. The molecular formula is C22H21ClN2O3S2. The van der Waals surface area contributed by atoms with E-state index in [-0.39, 0.29) is 18.2 Å². The number of benzene rings is 2. The van der Waals surface area contributed by atoms with Gasteiger partial charge in [-0.25, -0.2) is 0 Å². The minimum absolute atomic E-state index is 0.115. The molecule has 1 saturated heterocycles. The van der Waals surface area contributed by atoms with Crippen LogP contribution in [0, 0.1) is 0 Å². The number of nitrogens with zero attached hydrogens (tertiary/aromatic N) is 1. The van der Waals surface area contributed by atoms with Crippen molar-refractivity contribution in [1.82, 2.24) is 4.90 Å². The van der Waals surface area contributed by atoms with Gasteiger partial charge >= 0.3 is 0 Å². The monoisotopic (exact) mass is 460 g/mol. The lowest BCUT2D eigenvalue weighted by Crippen LogP contribution is -2.29. The maximum Gasteiger partial charge on any atom is 0.266 e. The summed E-state index contributed by atoms with van der Waals surface area (Å²) in [5.41, 5.74) is 1.48. The number of rotatable bonds is 8. The van der Waals surface area contributed by atoms with Crippen molar-refractivity contribution in [2.45, 2.75) is 19.8 Å². The summed E-state index contributed by atoms with van der Waals surface area (Å²) in [4.78, 5) is 26.9. The molecule has 5 nitrogen and oxygen atoms in total. The molecule has 156 valence electrons. The molecule has 8 heteroatoms. The van der Waals surface area contributed by atoms with Crippen molar-refractivity contribution in [3.8, 4) is 5.75 Å². The number of carbonyl (C=O) groups is 2. The average molecular weight is 461 g/mol. The van der Waals surface area contributed by atoms with E-state index in [4.69, 9.17) is 28.6 Å². The van der Waals surface area contributed by atoms with Crippen LogP contribution in [0.4, 0.5) is 5.69 Å². The van der Waals surface area contributed by atoms with Crippen molar-refractivity contribution >= 4 is 63.5 Å². The fourth-order valence-electron chi connectivity index (χ4n) is 2.85. The molecule has 1 aliphatic rings. The van der Waals surface area contributed by atoms with Gasteiger partial charge in [0.05, 0.1) is 11.5 Å². The molecule has 0 atom stereocenters. The highest BCUT2D eigenvalue weighted by atomic mass is 35.5. The third-order valence-corrected chi connectivity index (χ3v) is 6.02. The van der Waals surface area contributed by atoms with Gasteiger partial charge in [0.25, 0.3) is 5.91 Å². The second-order valence-electron chi connectivity index (χ2n) is 6.46. The number of thioether (sulfide) groups is 1. The van der Waals surface area contributed by atoms with Gasteiger partial charge in [0, 0.05) is 23.7 Å². The van der Waals surface area contributed by atoms with Crippen molar-refractivity contribution in [2.24, 2.45) is 0 Å². The first-order valence-corrected chi connectivity index (χ1v) is 11.1. The van der Waals surface area contributed by atoms with Crippen LogP contribution in [-0.4, -0.2) is 34.2 Å². The zero-order valence-corrected chi connectivity index (χ0v) is 18.8. The smallest absolute Gasteiger partial charge is 0.266 e. The van der Waals surface area contributed by atoms with Crippen LogP contribution in [-0.2, 0) is 9.59 Å². The Labute approximate surface area is 190 Å². The molecule has 1 fully saturated rings. The molecule has 1 N–H and O–H groups in total. The van der Waals surface area contributed by atoms with E-state index in [1.54, 1.807) is 24.3 Å². The van der Waals surface area contributed by atoms with Crippen LogP contribution >= 0.6 is 35.6 Å². The summed E-state index contributed by atoms with van der Waals surface area (Å²) in [6.07, 6.45) is 2.54. The Morgan fingerprint density at radius 2 is 1.97 bits per heavy atom. The van der Waals surface area contributed by atoms with E-state index in [9.17, 15) is 9.59 Å². The van der Waals surface area contributed by atoms with Crippen LogP contribution in [0.25, 0.3) is 6.08 Å². The largest absolute Gasteiger partial charge is 0.494 e. The number of halogens is 1. The Bertz CT molecular complexity index is 977. The van der Waals surface area contributed by atoms with Crippen LogP contribution in [0.3, 0.4) is 0 Å². The summed E-state index contributed by atoms with van der Waals surface area (Å²) >= 11 is 12.8. The second-order valence-corrected chi connectivity index (χ2v) is 8.55. The molecule has 0 unspecified atom stereocenters. The molecule has 2 aromatic rings. The van der Waals surface area contributed by atoms with Gasteiger partial charge in [0.15, 0.2) is 0 Å². The third kappa shape index (κ3) is 5.84. The normalized spacial score (nSPS) is 15.0. The van der Waals surface area contributed by atoms with Gasteiger partial charge in [-0.15, -0.1) is 0 Å². The lowest BCUT2D eigenvalue weighted by molar-refractivity contribution is -0.122. The van der Waals surface area contributed by atoms with Crippen molar-refractivity contribution in [3.05, 3.63) is 64.0 Å². The van der Waals surface area contributed by atoms with E-state index in [1.807, 2.05) is 37.3 Å². The Balaban J connectivity index is 1.50. The second kappa shape index (κ2) is 10.6. The standard InChI is InChI=1S/C22H21ClN2O3S2/c1-2-28-17-11-9-16(10-12-17)24-20(26)8-5-13-25-21(27)19(30-22(25)29)14-15-6-3-4-7-18(15)23/h3-4,6-7,9-12,14H,2,5,8,13H2,1H3,(H,24,26)/b19-14-. The molecule has 30 heavy (non-hydrogen) atoms. The SMILES string of the molecule is CCOc1ccc(NC(=O)CCCN2C(=O)/C(=C/c3ccccc3Cl)SC2=S)cc1. The fraction of sp³-hybridized carbons (Fsp3) is 0.227. The van der Waals surface area contributed by atoms with E-state index in [0.717, 1.165) is 11.3 Å². The molecule has 2 aromatic carbocycles. The Kier molecular flexibility index (Phi) is 7.90. The quantitative estimate of drug-likeness (QED) is 0.424. The molecule has 0 radical (unpaired) electrons. The number of anilines is 1. The maximum absolute atomic E-state index is 12.7. The van der Waals surface area contributed by atoms with Crippen molar-refractivity contribution < 1.29 is 14.3 Å². The van der Waals surface area contributed by atoms with Crippen molar-refractivity contribution in [1.29, 1.82) is 0 Å².